The third kappa shape index (κ3) is 4.77. The quantitative estimate of drug-likeness (QED) is 0.492. The van der Waals surface area contributed by atoms with E-state index in [0.717, 1.165) is 0 Å². The number of carboxylic acid groups (broad SMARTS) is 1. The monoisotopic (exact) mass is 338 g/mol. The molecule has 0 aromatic heterocycles. The van der Waals surface area contributed by atoms with Gasteiger partial charge in [0.1, 0.15) is 18.2 Å². The van der Waals surface area contributed by atoms with Crippen molar-refractivity contribution >= 4 is 17.9 Å². The zero-order valence-electron chi connectivity index (χ0n) is 13.8. The molecule has 1 aromatic carbocycles. The molecule has 0 amide bonds. The van der Waals surface area contributed by atoms with Crippen LogP contribution >= 0.6 is 0 Å². The lowest BCUT2D eigenvalue weighted by Crippen LogP contribution is -2.69. The molecule has 0 aliphatic carbocycles. The van der Waals surface area contributed by atoms with Crippen LogP contribution in [0.1, 0.15) is 26.3 Å². The largest absolute Gasteiger partial charge is 0.479 e. The molecule has 0 saturated heterocycles. The fourth-order valence-electron chi connectivity index (χ4n) is 1.74. The first-order valence-corrected chi connectivity index (χ1v) is 7.20. The number of benzene rings is 1. The molecule has 8 nitrogen and oxygen atoms in total. The molecular formula is C16H22N2O6. The standard InChI is InChI=1S/C16H22N2O6/c1-15(2,3)24-12(19)11(17)16(18,13(20)21)14(22)23-9-10-7-5-4-6-8-10/h4-8,11H,9,17-18H2,1-3H3,(H,20,21). The number of carbonyl (C=O) groups excluding carboxylic acids is 2. The number of nitrogens with two attached hydrogens (primary N) is 2. The van der Waals surface area contributed by atoms with E-state index in [2.05, 4.69) is 0 Å². The van der Waals surface area contributed by atoms with Crippen molar-refractivity contribution in [2.24, 2.45) is 11.5 Å². The van der Waals surface area contributed by atoms with Crippen molar-refractivity contribution in [2.75, 3.05) is 0 Å². The summed E-state index contributed by atoms with van der Waals surface area (Å²) in [5, 5.41) is 9.30. The second-order valence-electron chi connectivity index (χ2n) is 6.25. The highest BCUT2D eigenvalue weighted by atomic mass is 16.6. The van der Waals surface area contributed by atoms with Gasteiger partial charge in [-0.05, 0) is 26.3 Å². The van der Waals surface area contributed by atoms with E-state index in [4.69, 9.17) is 20.9 Å². The van der Waals surface area contributed by atoms with Crippen LogP contribution in [-0.4, -0.2) is 40.2 Å². The lowest BCUT2D eigenvalue weighted by Gasteiger charge is -2.29. The summed E-state index contributed by atoms with van der Waals surface area (Å²) in [6.45, 7) is 4.52. The number of aliphatic carboxylic acids is 1. The Hall–Kier alpha value is -2.45. The number of carboxylic acids is 1. The molecule has 132 valence electrons. The normalized spacial score (nSPS) is 15.0. The Morgan fingerprint density at radius 2 is 1.71 bits per heavy atom. The molecular weight excluding hydrogens is 316 g/mol. The number of hydrogen-bond donors (Lipinski definition) is 3. The Balaban J connectivity index is 2.91. The molecule has 8 heteroatoms. The molecule has 2 unspecified atom stereocenters. The molecule has 1 aromatic rings. The summed E-state index contributed by atoms with van der Waals surface area (Å²) >= 11 is 0. The topological polar surface area (TPSA) is 142 Å². The highest BCUT2D eigenvalue weighted by Crippen LogP contribution is 2.16. The highest BCUT2D eigenvalue weighted by molar-refractivity contribution is 6.09. The summed E-state index contributed by atoms with van der Waals surface area (Å²) in [6, 6.07) is 6.66. The predicted molar refractivity (Wildman–Crippen MR) is 84.6 cm³/mol. The minimum absolute atomic E-state index is 0.201. The van der Waals surface area contributed by atoms with Gasteiger partial charge >= 0.3 is 17.9 Å². The molecule has 0 bridgehead atoms. The number of rotatable bonds is 6. The van der Waals surface area contributed by atoms with Gasteiger partial charge in [-0.3, -0.25) is 4.79 Å². The Labute approximate surface area is 139 Å². The maximum atomic E-state index is 12.2. The second-order valence-corrected chi connectivity index (χ2v) is 6.25. The number of hydrogen-bond acceptors (Lipinski definition) is 7. The Morgan fingerprint density at radius 3 is 2.17 bits per heavy atom. The fraction of sp³-hybridized carbons (Fsp3) is 0.438. The van der Waals surface area contributed by atoms with Crippen molar-refractivity contribution < 1.29 is 29.0 Å². The SMILES string of the molecule is CC(C)(C)OC(=O)C(N)C(N)(C(=O)O)C(=O)OCc1ccccc1. The smallest absolute Gasteiger partial charge is 0.340 e. The van der Waals surface area contributed by atoms with Gasteiger partial charge in [-0.1, -0.05) is 30.3 Å². The van der Waals surface area contributed by atoms with Crippen molar-refractivity contribution in [3.8, 4) is 0 Å². The molecule has 1 rings (SSSR count). The van der Waals surface area contributed by atoms with Gasteiger partial charge in [-0.15, -0.1) is 0 Å². The Morgan fingerprint density at radius 1 is 1.17 bits per heavy atom. The molecule has 0 aliphatic heterocycles. The molecule has 0 saturated carbocycles. The first kappa shape index (κ1) is 19.6. The lowest BCUT2D eigenvalue weighted by molar-refractivity contribution is -0.172. The summed E-state index contributed by atoms with van der Waals surface area (Å²) in [5.74, 6) is -4.21. The maximum absolute atomic E-state index is 12.2. The predicted octanol–water partition coefficient (Wildman–Crippen LogP) is 0.181. The zero-order chi connectivity index (χ0) is 18.5. The summed E-state index contributed by atoms with van der Waals surface area (Å²) in [5.41, 5.74) is 8.17. The first-order chi connectivity index (χ1) is 11.0. The van der Waals surface area contributed by atoms with E-state index in [1.807, 2.05) is 0 Å². The van der Waals surface area contributed by atoms with Crippen molar-refractivity contribution in [1.29, 1.82) is 0 Å². The van der Waals surface area contributed by atoms with Crippen LogP contribution in [0.4, 0.5) is 0 Å². The van der Waals surface area contributed by atoms with E-state index in [0.29, 0.717) is 5.56 Å². The second kappa shape index (κ2) is 7.41. The van der Waals surface area contributed by atoms with Gasteiger partial charge in [0.15, 0.2) is 0 Å². The average molecular weight is 338 g/mol. The van der Waals surface area contributed by atoms with Gasteiger partial charge in [-0.2, -0.15) is 0 Å². The van der Waals surface area contributed by atoms with Crippen molar-refractivity contribution in [3.63, 3.8) is 0 Å². The zero-order valence-corrected chi connectivity index (χ0v) is 13.8. The van der Waals surface area contributed by atoms with E-state index in [-0.39, 0.29) is 6.61 Å². The summed E-state index contributed by atoms with van der Waals surface area (Å²) < 4.78 is 9.92. The first-order valence-electron chi connectivity index (χ1n) is 7.20. The van der Waals surface area contributed by atoms with Crippen LogP contribution < -0.4 is 11.5 Å². The van der Waals surface area contributed by atoms with Crippen molar-refractivity contribution in [3.05, 3.63) is 35.9 Å². The van der Waals surface area contributed by atoms with E-state index >= 15 is 0 Å². The summed E-state index contributed by atoms with van der Waals surface area (Å²) in [7, 11) is 0. The number of ether oxygens (including phenoxy) is 2. The van der Waals surface area contributed by atoms with Gasteiger partial charge in [0.05, 0.1) is 0 Å². The van der Waals surface area contributed by atoms with Gasteiger partial charge in [0.25, 0.3) is 0 Å². The van der Waals surface area contributed by atoms with Gasteiger partial charge < -0.3 is 26.0 Å². The van der Waals surface area contributed by atoms with Crippen LogP contribution in [0.5, 0.6) is 0 Å². The van der Waals surface area contributed by atoms with Crippen molar-refractivity contribution in [1.82, 2.24) is 0 Å². The fourth-order valence-corrected chi connectivity index (χ4v) is 1.74. The van der Waals surface area contributed by atoms with Crippen LogP contribution in [0.15, 0.2) is 30.3 Å². The van der Waals surface area contributed by atoms with E-state index in [1.165, 1.54) is 0 Å². The minimum atomic E-state index is -2.75. The van der Waals surface area contributed by atoms with Gasteiger partial charge in [0, 0.05) is 0 Å². The third-order valence-corrected chi connectivity index (χ3v) is 3.06. The molecule has 0 aliphatic rings. The van der Waals surface area contributed by atoms with Crippen LogP contribution in [0.25, 0.3) is 0 Å². The highest BCUT2D eigenvalue weighted by Gasteiger charge is 2.54. The van der Waals surface area contributed by atoms with Crippen LogP contribution in [0.3, 0.4) is 0 Å². The van der Waals surface area contributed by atoms with Crippen LogP contribution in [0.2, 0.25) is 0 Å². The maximum Gasteiger partial charge on any atom is 0.340 e. The van der Waals surface area contributed by atoms with E-state index in [1.54, 1.807) is 51.1 Å². The van der Waals surface area contributed by atoms with Crippen molar-refractivity contribution in [2.45, 2.75) is 44.6 Å². The molecule has 0 spiro atoms. The minimum Gasteiger partial charge on any atom is -0.479 e. The summed E-state index contributed by atoms with van der Waals surface area (Å²) in [6.07, 6.45) is 0. The van der Waals surface area contributed by atoms with Gasteiger partial charge in [0.2, 0.25) is 5.54 Å². The van der Waals surface area contributed by atoms with Crippen LogP contribution in [0, 0.1) is 0 Å². The third-order valence-electron chi connectivity index (χ3n) is 3.06. The Bertz CT molecular complexity index is 611. The molecule has 24 heavy (non-hydrogen) atoms. The molecule has 2 atom stereocenters. The average Bonchev–Trinajstić information content (AvgIpc) is 2.50. The molecule has 5 N–H and O–H groups in total. The number of carbonyl (C=O) groups is 3. The lowest BCUT2D eigenvalue weighted by atomic mass is 9.91. The van der Waals surface area contributed by atoms with E-state index < -0.39 is 35.1 Å². The molecule has 0 fully saturated rings. The number of esters is 2. The van der Waals surface area contributed by atoms with Crippen LogP contribution in [-0.2, 0) is 30.5 Å². The Kier molecular flexibility index (Phi) is 6.05. The molecule has 0 radical (unpaired) electrons. The van der Waals surface area contributed by atoms with Gasteiger partial charge in [-0.25, -0.2) is 9.59 Å². The van der Waals surface area contributed by atoms with E-state index in [9.17, 15) is 19.5 Å². The molecule has 0 heterocycles. The summed E-state index contributed by atoms with van der Waals surface area (Å²) in [4.78, 5) is 35.6.